The van der Waals surface area contributed by atoms with Crippen molar-refractivity contribution in [3.8, 4) is 11.5 Å². The fraction of sp³-hybridized carbons (Fsp3) is 0.222. The van der Waals surface area contributed by atoms with E-state index < -0.39 is 5.97 Å². The highest BCUT2D eigenvalue weighted by Crippen LogP contribution is 2.34. The SMILES string of the molecule is COc1ccc(N)c(C(=O)O)c1OC.Cl. The van der Waals surface area contributed by atoms with E-state index in [4.69, 9.17) is 20.3 Å². The van der Waals surface area contributed by atoms with Crippen LogP contribution in [0, 0.1) is 0 Å². The Bertz CT molecular complexity index is 367. The third-order valence-electron chi connectivity index (χ3n) is 1.79. The summed E-state index contributed by atoms with van der Waals surface area (Å²) in [6, 6.07) is 3.02. The molecule has 84 valence electrons. The minimum Gasteiger partial charge on any atom is -0.493 e. The third-order valence-corrected chi connectivity index (χ3v) is 1.79. The number of nitrogen functional groups attached to an aromatic ring is 1. The molecule has 0 aromatic heterocycles. The van der Waals surface area contributed by atoms with Crippen LogP contribution >= 0.6 is 12.4 Å². The van der Waals surface area contributed by atoms with E-state index in [-0.39, 0.29) is 29.4 Å². The van der Waals surface area contributed by atoms with E-state index in [1.54, 1.807) is 6.07 Å². The number of hydrogen-bond acceptors (Lipinski definition) is 4. The number of benzene rings is 1. The molecule has 0 atom stereocenters. The number of carbonyl (C=O) groups is 1. The van der Waals surface area contributed by atoms with E-state index in [1.165, 1.54) is 20.3 Å². The molecule has 1 aromatic rings. The van der Waals surface area contributed by atoms with Crippen molar-refractivity contribution >= 4 is 24.1 Å². The van der Waals surface area contributed by atoms with Gasteiger partial charge >= 0.3 is 5.97 Å². The van der Waals surface area contributed by atoms with Gasteiger partial charge in [-0.25, -0.2) is 4.79 Å². The average Bonchev–Trinajstić information content (AvgIpc) is 2.16. The summed E-state index contributed by atoms with van der Waals surface area (Å²) in [6.07, 6.45) is 0. The summed E-state index contributed by atoms with van der Waals surface area (Å²) < 4.78 is 9.86. The van der Waals surface area contributed by atoms with Gasteiger partial charge in [0.25, 0.3) is 0 Å². The van der Waals surface area contributed by atoms with Crippen molar-refractivity contribution < 1.29 is 19.4 Å². The van der Waals surface area contributed by atoms with Gasteiger partial charge in [0.05, 0.1) is 19.9 Å². The maximum Gasteiger partial charge on any atom is 0.341 e. The molecule has 15 heavy (non-hydrogen) atoms. The molecule has 5 nitrogen and oxygen atoms in total. The smallest absolute Gasteiger partial charge is 0.341 e. The standard InChI is InChI=1S/C9H11NO4.ClH/c1-13-6-4-3-5(10)7(9(11)12)8(6)14-2;/h3-4H,10H2,1-2H3,(H,11,12);1H. The van der Waals surface area contributed by atoms with Crippen molar-refractivity contribution in [3.05, 3.63) is 17.7 Å². The Morgan fingerprint density at radius 1 is 1.33 bits per heavy atom. The lowest BCUT2D eigenvalue weighted by atomic mass is 10.1. The second-order valence-corrected chi connectivity index (χ2v) is 2.57. The van der Waals surface area contributed by atoms with Crippen LogP contribution in [0.5, 0.6) is 11.5 Å². The predicted molar refractivity (Wildman–Crippen MR) is 58.2 cm³/mol. The van der Waals surface area contributed by atoms with Gasteiger partial charge < -0.3 is 20.3 Å². The van der Waals surface area contributed by atoms with Crippen molar-refractivity contribution in [2.75, 3.05) is 20.0 Å². The first-order valence-electron chi connectivity index (χ1n) is 3.85. The minimum absolute atomic E-state index is 0. The first kappa shape index (κ1) is 13.4. The van der Waals surface area contributed by atoms with Crippen molar-refractivity contribution in [3.63, 3.8) is 0 Å². The fourth-order valence-electron chi connectivity index (χ4n) is 1.16. The van der Waals surface area contributed by atoms with Gasteiger partial charge in [-0.1, -0.05) is 0 Å². The number of halogens is 1. The fourth-order valence-corrected chi connectivity index (χ4v) is 1.16. The van der Waals surface area contributed by atoms with Crippen molar-refractivity contribution in [2.24, 2.45) is 0 Å². The van der Waals surface area contributed by atoms with E-state index in [0.717, 1.165) is 0 Å². The summed E-state index contributed by atoms with van der Waals surface area (Å²) in [5.74, 6) is -0.655. The number of aromatic carboxylic acids is 1. The number of nitrogens with two attached hydrogens (primary N) is 1. The topological polar surface area (TPSA) is 81.8 Å². The molecule has 3 N–H and O–H groups in total. The summed E-state index contributed by atoms with van der Waals surface area (Å²) in [7, 11) is 2.80. The van der Waals surface area contributed by atoms with Gasteiger partial charge in [-0.05, 0) is 12.1 Å². The summed E-state index contributed by atoms with van der Waals surface area (Å²) in [4.78, 5) is 10.9. The lowest BCUT2D eigenvalue weighted by Crippen LogP contribution is -2.06. The first-order valence-corrected chi connectivity index (χ1v) is 3.85. The molecule has 0 saturated carbocycles. The molecule has 0 bridgehead atoms. The molecule has 0 unspecified atom stereocenters. The quantitative estimate of drug-likeness (QED) is 0.772. The van der Waals surface area contributed by atoms with Crippen LogP contribution < -0.4 is 15.2 Å². The van der Waals surface area contributed by atoms with E-state index >= 15 is 0 Å². The van der Waals surface area contributed by atoms with Gasteiger partial charge in [0.2, 0.25) is 0 Å². The molecule has 0 fully saturated rings. The molecule has 0 aliphatic carbocycles. The second kappa shape index (κ2) is 5.31. The molecule has 0 aliphatic heterocycles. The molecular formula is C9H12ClNO4. The zero-order valence-corrected chi connectivity index (χ0v) is 9.13. The van der Waals surface area contributed by atoms with Crippen LogP contribution in [0.25, 0.3) is 0 Å². The number of carboxylic acid groups (broad SMARTS) is 1. The van der Waals surface area contributed by atoms with E-state index in [0.29, 0.717) is 5.75 Å². The van der Waals surface area contributed by atoms with E-state index in [1.807, 2.05) is 0 Å². The highest BCUT2D eigenvalue weighted by molar-refractivity contribution is 5.97. The molecule has 0 saturated heterocycles. The maximum atomic E-state index is 10.9. The Kier molecular flexibility index (Phi) is 4.73. The highest BCUT2D eigenvalue weighted by atomic mass is 35.5. The summed E-state index contributed by atoms with van der Waals surface area (Å²) in [6.45, 7) is 0. The molecule has 0 amide bonds. The van der Waals surface area contributed by atoms with Crippen molar-refractivity contribution in [1.29, 1.82) is 0 Å². The number of ether oxygens (including phenoxy) is 2. The minimum atomic E-state index is -1.14. The molecule has 0 aliphatic rings. The number of hydrogen-bond donors (Lipinski definition) is 2. The number of anilines is 1. The average molecular weight is 234 g/mol. The van der Waals surface area contributed by atoms with Gasteiger partial charge in [0.15, 0.2) is 11.5 Å². The van der Waals surface area contributed by atoms with Gasteiger partial charge in [0, 0.05) is 0 Å². The van der Waals surface area contributed by atoms with Gasteiger partial charge in [0.1, 0.15) is 5.56 Å². The highest BCUT2D eigenvalue weighted by Gasteiger charge is 2.18. The van der Waals surface area contributed by atoms with Gasteiger partial charge in [-0.2, -0.15) is 0 Å². The summed E-state index contributed by atoms with van der Waals surface area (Å²) in [5, 5.41) is 8.88. The molecule has 0 radical (unpaired) electrons. The van der Waals surface area contributed by atoms with Crippen LogP contribution in [0.2, 0.25) is 0 Å². The molecular weight excluding hydrogens is 222 g/mol. The van der Waals surface area contributed by atoms with Crippen LogP contribution in [0.1, 0.15) is 10.4 Å². The molecule has 1 aromatic carbocycles. The zero-order chi connectivity index (χ0) is 10.7. The van der Waals surface area contributed by atoms with Crippen molar-refractivity contribution in [1.82, 2.24) is 0 Å². The Balaban J connectivity index is 0.00000196. The molecule has 6 heteroatoms. The second-order valence-electron chi connectivity index (χ2n) is 2.57. The lowest BCUT2D eigenvalue weighted by molar-refractivity contribution is 0.0694. The number of rotatable bonds is 3. The normalized spacial score (nSPS) is 8.93. The van der Waals surface area contributed by atoms with Crippen LogP contribution in [-0.2, 0) is 0 Å². The molecule has 0 heterocycles. The Morgan fingerprint density at radius 3 is 2.33 bits per heavy atom. The van der Waals surface area contributed by atoms with Crippen LogP contribution in [0.4, 0.5) is 5.69 Å². The van der Waals surface area contributed by atoms with Gasteiger partial charge in [-0.3, -0.25) is 0 Å². The van der Waals surface area contributed by atoms with Crippen molar-refractivity contribution in [2.45, 2.75) is 0 Å². The first-order chi connectivity index (χ1) is 6.61. The van der Waals surface area contributed by atoms with Crippen LogP contribution in [0.3, 0.4) is 0 Å². The Hall–Kier alpha value is -1.62. The Labute approximate surface area is 93.2 Å². The largest absolute Gasteiger partial charge is 0.493 e. The van der Waals surface area contributed by atoms with E-state index in [9.17, 15) is 4.79 Å². The number of carboxylic acids is 1. The zero-order valence-electron chi connectivity index (χ0n) is 8.31. The lowest BCUT2D eigenvalue weighted by Gasteiger charge is -2.11. The predicted octanol–water partition coefficient (Wildman–Crippen LogP) is 1.41. The third kappa shape index (κ3) is 2.44. The maximum absolute atomic E-state index is 10.9. The van der Waals surface area contributed by atoms with Gasteiger partial charge in [-0.15, -0.1) is 12.4 Å². The summed E-state index contributed by atoms with van der Waals surface area (Å²) >= 11 is 0. The van der Waals surface area contributed by atoms with E-state index in [2.05, 4.69) is 0 Å². The molecule has 1 rings (SSSR count). The Morgan fingerprint density at radius 2 is 1.93 bits per heavy atom. The monoisotopic (exact) mass is 233 g/mol. The van der Waals surface area contributed by atoms with Crippen LogP contribution in [-0.4, -0.2) is 25.3 Å². The molecule has 0 spiro atoms. The van der Waals surface area contributed by atoms with Crippen LogP contribution in [0.15, 0.2) is 12.1 Å². The summed E-state index contributed by atoms with van der Waals surface area (Å²) in [5.41, 5.74) is 5.58. The number of methoxy groups -OCH3 is 2.